The molecule has 0 aliphatic rings. The number of benzene rings is 1. The number of carbonyl (C=O) groups is 1. The van der Waals surface area contributed by atoms with E-state index in [-0.39, 0.29) is 11.5 Å². The van der Waals surface area contributed by atoms with E-state index in [0.29, 0.717) is 36.4 Å². The molecule has 8 heteroatoms. The Balaban J connectivity index is 1.46. The van der Waals surface area contributed by atoms with E-state index in [1.807, 2.05) is 31.2 Å². The van der Waals surface area contributed by atoms with E-state index in [4.69, 9.17) is 0 Å². The van der Waals surface area contributed by atoms with Gasteiger partial charge in [0, 0.05) is 12.7 Å². The van der Waals surface area contributed by atoms with Gasteiger partial charge in [-0.2, -0.15) is 5.10 Å². The molecule has 0 spiro atoms. The van der Waals surface area contributed by atoms with Crippen molar-refractivity contribution >= 4 is 16.9 Å². The summed E-state index contributed by atoms with van der Waals surface area (Å²) >= 11 is 0. The average Bonchev–Trinajstić information content (AvgIpc) is 3.16. The number of aromatic nitrogens is 5. The van der Waals surface area contributed by atoms with Crippen molar-refractivity contribution in [1.29, 1.82) is 0 Å². The van der Waals surface area contributed by atoms with Crippen molar-refractivity contribution in [3.8, 4) is 0 Å². The van der Waals surface area contributed by atoms with E-state index >= 15 is 0 Å². The largest absolute Gasteiger partial charge is 0.349 e. The number of fused-ring (bicyclic) bond motifs is 1. The Hall–Kier alpha value is -3.81. The first-order chi connectivity index (χ1) is 14.1. The van der Waals surface area contributed by atoms with Gasteiger partial charge in [0.25, 0.3) is 11.5 Å². The van der Waals surface area contributed by atoms with Crippen LogP contribution in [-0.2, 0) is 13.1 Å². The van der Waals surface area contributed by atoms with E-state index in [1.165, 1.54) is 18.1 Å². The molecule has 0 bridgehead atoms. The molecule has 0 saturated heterocycles. The standard InChI is InChI=1S/C21H20N6O2/c1-15-5-7-16(8-6-15)13-26-14-24-19-17(21(26)29)12-25-27(19)11-10-23-20(28)18-4-2-3-9-22-18/h2-9,12,14H,10-11,13H2,1H3,(H,23,28). The number of nitrogens with zero attached hydrogens (tertiary/aromatic N) is 5. The Morgan fingerprint density at radius 2 is 1.93 bits per heavy atom. The molecule has 1 aromatic carbocycles. The van der Waals surface area contributed by atoms with Gasteiger partial charge in [0.15, 0.2) is 5.65 Å². The quantitative estimate of drug-likeness (QED) is 0.543. The first-order valence-electron chi connectivity index (χ1n) is 9.27. The normalized spacial score (nSPS) is 10.9. The second kappa shape index (κ2) is 8.05. The van der Waals surface area contributed by atoms with Crippen molar-refractivity contribution in [2.24, 2.45) is 0 Å². The first-order valence-corrected chi connectivity index (χ1v) is 9.27. The zero-order valence-corrected chi connectivity index (χ0v) is 15.9. The molecular formula is C21H20N6O2. The molecule has 1 N–H and O–H groups in total. The van der Waals surface area contributed by atoms with Crippen LogP contribution in [0.5, 0.6) is 0 Å². The molecule has 0 aliphatic carbocycles. The van der Waals surface area contributed by atoms with Gasteiger partial charge in [0.2, 0.25) is 0 Å². The van der Waals surface area contributed by atoms with Gasteiger partial charge >= 0.3 is 0 Å². The fraction of sp³-hybridized carbons (Fsp3) is 0.190. The van der Waals surface area contributed by atoms with Crippen LogP contribution in [0.4, 0.5) is 0 Å². The van der Waals surface area contributed by atoms with Crippen LogP contribution in [0.1, 0.15) is 21.6 Å². The molecule has 0 saturated carbocycles. The summed E-state index contributed by atoms with van der Waals surface area (Å²) in [5.41, 5.74) is 2.92. The van der Waals surface area contributed by atoms with Crippen LogP contribution >= 0.6 is 0 Å². The van der Waals surface area contributed by atoms with Crippen molar-refractivity contribution in [2.45, 2.75) is 20.0 Å². The van der Waals surface area contributed by atoms with E-state index < -0.39 is 0 Å². The van der Waals surface area contributed by atoms with Gasteiger partial charge in [-0.1, -0.05) is 35.9 Å². The minimum atomic E-state index is -0.254. The summed E-state index contributed by atoms with van der Waals surface area (Å²) < 4.78 is 3.19. The molecule has 3 heterocycles. The molecule has 3 aromatic heterocycles. The van der Waals surface area contributed by atoms with Gasteiger partial charge in [-0.05, 0) is 24.6 Å². The highest BCUT2D eigenvalue weighted by molar-refractivity contribution is 5.92. The van der Waals surface area contributed by atoms with E-state index in [2.05, 4.69) is 20.4 Å². The Bertz CT molecular complexity index is 1200. The Labute approximate surface area is 166 Å². The number of pyridine rings is 1. The molecule has 0 fully saturated rings. The number of carbonyl (C=O) groups excluding carboxylic acids is 1. The zero-order valence-electron chi connectivity index (χ0n) is 15.9. The van der Waals surface area contributed by atoms with Crippen LogP contribution in [0, 0.1) is 6.92 Å². The maximum atomic E-state index is 12.8. The molecule has 0 atom stereocenters. The number of nitrogens with one attached hydrogen (secondary N) is 1. The number of aryl methyl sites for hydroxylation is 1. The molecule has 0 radical (unpaired) electrons. The first kappa shape index (κ1) is 18.5. The molecular weight excluding hydrogens is 368 g/mol. The number of amides is 1. The highest BCUT2D eigenvalue weighted by Crippen LogP contribution is 2.08. The number of hydrogen-bond acceptors (Lipinski definition) is 5. The van der Waals surface area contributed by atoms with E-state index in [9.17, 15) is 9.59 Å². The maximum Gasteiger partial charge on any atom is 0.269 e. The maximum absolute atomic E-state index is 12.8. The molecule has 4 rings (SSSR count). The van der Waals surface area contributed by atoms with Crippen molar-refractivity contribution in [1.82, 2.24) is 29.6 Å². The third-order valence-electron chi connectivity index (χ3n) is 4.60. The van der Waals surface area contributed by atoms with Crippen LogP contribution in [0.25, 0.3) is 11.0 Å². The minimum Gasteiger partial charge on any atom is -0.349 e. The van der Waals surface area contributed by atoms with Crippen molar-refractivity contribution in [2.75, 3.05) is 6.54 Å². The molecule has 8 nitrogen and oxygen atoms in total. The van der Waals surface area contributed by atoms with Crippen molar-refractivity contribution < 1.29 is 4.79 Å². The molecule has 0 aliphatic heterocycles. The van der Waals surface area contributed by atoms with Crippen LogP contribution in [0.2, 0.25) is 0 Å². The van der Waals surface area contributed by atoms with E-state index in [0.717, 1.165) is 5.56 Å². The summed E-state index contributed by atoms with van der Waals surface area (Å²) in [5, 5.41) is 7.51. The summed E-state index contributed by atoms with van der Waals surface area (Å²) in [6.07, 6.45) is 4.63. The highest BCUT2D eigenvalue weighted by atomic mass is 16.2. The second-order valence-corrected chi connectivity index (χ2v) is 6.74. The summed E-state index contributed by atoms with van der Waals surface area (Å²) in [5.74, 6) is -0.254. The Morgan fingerprint density at radius 1 is 1.10 bits per heavy atom. The number of hydrogen-bond donors (Lipinski definition) is 1. The van der Waals surface area contributed by atoms with Gasteiger partial charge in [-0.3, -0.25) is 19.1 Å². The third-order valence-corrected chi connectivity index (χ3v) is 4.60. The Kier molecular flexibility index (Phi) is 5.15. The van der Waals surface area contributed by atoms with Gasteiger partial charge in [0.05, 0.1) is 19.3 Å². The predicted molar refractivity (Wildman–Crippen MR) is 109 cm³/mol. The summed E-state index contributed by atoms with van der Waals surface area (Å²) in [6.45, 7) is 3.22. The van der Waals surface area contributed by atoms with Crippen LogP contribution < -0.4 is 10.9 Å². The van der Waals surface area contributed by atoms with Crippen LogP contribution in [-0.4, -0.2) is 36.8 Å². The summed E-state index contributed by atoms with van der Waals surface area (Å²) in [6, 6.07) is 13.2. The summed E-state index contributed by atoms with van der Waals surface area (Å²) in [4.78, 5) is 33.3. The predicted octanol–water partition coefficient (Wildman–Crippen LogP) is 1.77. The lowest BCUT2D eigenvalue weighted by Gasteiger charge is -2.07. The Morgan fingerprint density at radius 3 is 2.69 bits per heavy atom. The van der Waals surface area contributed by atoms with Crippen LogP contribution in [0.15, 0.2) is 66.0 Å². The lowest BCUT2D eigenvalue weighted by Crippen LogP contribution is -2.28. The fourth-order valence-corrected chi connectivity index (χ4v) is 3.03. The van der Waals surface area contributed by atoms with Crippen molar-refractivity contribution in [3.05, 3.63) is 88.4 Å². The highest BCUT2D eigenvalue weighted by Gasteiger charge is 2.11. The smallest absolute Gasteiger partial charge is 0.269 e. The SMILES string of the molecule is Cc1ccc(Cn2cnc3c(cnn3CCNC(=O)c3ccccn3)c2=O)cc1. The van der Waals surface area contributed by atoms with Gasteiger partial charge in [-0.25, -0.2) is 9.67 Å². The molecule has 0 unspecified atom stereocenters. The lowest BCUT2D eigenvalue weighted by molar-refractivity contribution is 0.0947. The molecule has 29 heavy (non-hydrogen) atoms. The monoisotopic (exact) mass is 388 g/mol. The van der Waals surface area contributed by atoms with Gasteiger partial charge in [0.1, 0.15) is 17.4 Å². The lowest BCUT2D eigenvalue weighted by atomic mass is 10.1. The molecule has 146 valence electrons. The van der Waals surface area contributed by atoms with Gasteiger partial charge in [-0.15, -0.1) is 0 Å². The van der Waals surface area contributed by atoms with Gasteiger partial charge < -0.3 is 5.32 Å². The molecule has 1 amide bonds. The summed E-state index contributed by atoms with van der Waals surface area (Å²) in [7, 11) is 0. The third kappa shape index (κ3) is 4.06. The van der Waals surface area contributed by atoms with Crippen molar-refractivity contribution in [3.63, 3.8) is 0 Å². The average molecular weight is 388 g/mol. The second-order valence-electron chi connectivity index (χ2n) is 6.74. The fourth-order valence-electron chi connectivity index (χ4n) is 3.03. The molecule has 4 aromatic rings. The minimum absolute atomic E-state index is 0.139. The number of rotatable bonds is 6. The van der Waals surface area contributed by atoms with E-state index in [1.54, 1.807) is 33.6 Å². The zero-order chi connectivity index (χ0) is 20.2. The topological polar surface area (TPSA) is 94.7 Å². The van der Waals surface area contributed by atoms with Crippen LogP contribution in [0.3, 0.4) is 0 Å².